The molecule has 0 aliphatic heterocycles. The Balaban J connectivity index is 0.000000740. The molecule has 0 unspecified atom stereocenters. The molecule has 4 aromatic heterocycles. The van der Waals surface area contributed by atoms with E-state index in [0.29, 0.717) is 34.0 Å². The molecule has 0 radical (unpaired) electrons. The predicted molar refractivity (Wildman–Crippen MR) is 160 cm³/mol. The van der Waals surface area contributed by atoms with Crippen LogP contribution in [0, 0.1) is 23.8 Å². The van der Waals surface area contributed by atoms with Crippen molar-refractivity contribution in [2.75, 3.05) is 0 Å². The molecule has 0 saturated heterocycles. The van der Waals surface area contributed by atoms with E-state index in [4.69, 9.17) is 6.42 Å². The van der Waals surface area contributed by atoms with Gasteiger partial charge in [0.15, 0.2) is 22.6 Å². The number of rotatable bonds is 6. The second-order valence-electron chi connectivity index (χ2n) is 10.0. The number of H-pyrrole nitrogens is 2. The van der Waals surface area contributed by atoms with Crippen LogP contribution in [-0.4, -0.2) is 47.1 Å². The maximum atomic E-state index is 12.1. The van der Waals surface area contributed by atoms with Gasteiger partial charge in [0, 0.05) is 12.1 Å². The van der Waals surface area contributed by atoms with Crippen LogP contribution in [0.2, 0.25) is 19.6 Å². The summed E-state index contributed by atoms with van der Waals surface area (Å²) in [5.74, 6) is 5.52. The number of hydrogen-bond donors (Lipinski definition) is 2. The van der Waals surface area contributed by atoms with Gasteiger partial charge in [-0.3, -0.25) is 19.1 Å². The number of nitrogens with zero attached hydrogens (tertiary/aromatic N) is 6. The van der Waals surface area contributed by atoms with Crippen molar-refractivity contribution >= 4 is 30.7 Å². The van der Waals surface area contributed by atoms with Gasteiger partial charge in [0.05, 0.1) is 12.4 Å². The molecule has 0 aliphatic rings. The second-order valence-corrected chi connectivity index (χ2v) is 14.8. The van der Waals surface area contributed by atoms with E-state index in [0.717, 1.165) is 25.7 Å². The molecule has 0 fully saturated rings. The van der Waals surface area contributed by atoms with Crippen LogP contribution >= 0.6 is 0 Å². The molecule has 4 heterocycles. The first-order chi connectivity index (χ1) is 18.1. The first-order valence-corrected chi connectivity index (χ1v) is 16.5. The van der Waals surface area contributed by atoms with Crippen LogP contribution in [-0.2, 0) is 0 Å². The summed E-state index contributed by atoms with van der Waals surface area (Å²) >= 11 is 0. The molecule has 0 spiro atoms. The Morgan fingerprint density at radius 2 is 1.22 bits per heavy atom. The molecular formula is C28H40FKN8O2Si. The van der Waals surface area contributed by atoms with E-state index in [1.54, 1.807) is 15.3 Å². The van der Waals surface area contributed by atoms with Crippen molar-refractivity contribution in [1.29, 1.82) is 0 Å². The van der Waals surface area contributed by atoms with Gasteiger partial charge in [0.25, 0.3) is 0 Å². The average molecular weight is 607 g/mol. The van der Waals surface area contributed by atoms with Gasteiger partial charge in [-0.25, -0.2) is 29.5 Å². The fourth-order valence-electron chi connectivity index (χ4n) is 4.15. The molecule has 216 valence electrons. The number of aromatic amines is 2. The van der Waals surface area contributed by atoms with Crippen LogP contribution in [0.3, 0.4) is 0 Å². The topological polar surface area (TPSA) is 127 Å². The second kappa shape index (κ2) is 16.9. The molecule has 0 atom stereocenters. The van der Waals surface area contributed by atoms with Crippen molar-refractivity contribution in [3.05, 3.63) is 44.8 Å². The van der Waals surface area contributed by atoms with E-state index in [9.17, 15) is 9.59 Å². The van der Waals surface area contributed by atoms with E-state index in [-0.39, 0.29) is 87.0 Å². The number of nitrogens with one attached hydrogen (secondary N) is 2. The van der Waals surface area contributed by atoms with Crippen molar-refractivity contribution in [2.24, 2.45) is 0 Å². The smallest absolute Gasteiger partial charge is 1.00 e. The third-order valence-electron chi connectivity index (χ3n) is 6.18. The summed E-state index contributed by atoms with van der Waals surface area (Å²) in [5.41, 5.74) is 6.19. The standard InChI is InChI=1S/C15H22N4OSi.C12H14N4O.CH4.FH.K/c1-6-12(7-2)19-14-13(18-15(19)20)16-10-11(17-14)8-9-21(3,4)5;1-4-8-7-13-10-11(14-8)16(12(17)15-10)9(5-2)6-3;;;/h10,12H,6-7H2,1-5H3,(H,16,18,20);1,7,9H,5-6H2,2-3H3,(H,13,15,17);1H4;1H;/q;;;;+1/p-1. The Bertz CT molecular complexity index is 1640. The molecule has 2 N–H and O–H groups in total. The summed E-state index contributed by atoms with van der Waals surface area (Å²) in [6.07, 6.45) is 11.9. The van der Waals surface area contributed by atoms with Crippen molar-refractivity contribution < 1.29 is 56.1 Å². The minimum absolute atomic E-state index is 0. The first-order valence-electron chi connectivity index (χ1n) is 13.0. The largest absolute Gasteiger partial charge is 1.00 e. The fourth-order valence-corrected chi connectivity index (χ4v) is 4.66. The van der Waals surface area contributed by atoms with E-state index >= 15 is 0 Å². The van der Waals surface area contributed by atoms with Gasteiger partial charge in [0.2, 0.25) is 0 Å². The van der Waals surface area contributed by atoms with E-state index in [1.165, 1.54) is 6.20 Å². The molecule has 0 aromatic carbocycles. The van der Waals surface area contributed by atoms with Crippen LogP contribution in [0.15, 0.2) is 22.0 Å². The number of aromatic nitrogens is 8. The quantitative estimate of drug-likeness (QED) is 0.210. The number of terminal acetylenes is 1. The molecular weight excluding hydrogens is 567 g/mol. The summed E-state index contributed by atoms with van der Waals surface area (Å²) < 4.78 is 3.35. The van der Waals surface area contributed by atoms with Gasteiger partial charge in [0.1, 0.15) is 19.5 Å². The van der Waals surface area contributed by atoms with Gasteiger partial charge < -0.3 is 4.70 Å². The zero-order chi connectivity index (χ0) is 28.0. The number of hydrogen-bond acceptors (Lipinski definition) is 6. The third-order valence-corrected chi connectivity index (χ3v) is 7.06. The average Bonchev–Trinajstić information content (AvgIpc) is 3.39. The molecule has 0 aliphatic carbocycles. The summed E-state index contributed by atoms with van der Waals surface area (Å²) in [6, 6.07) is 0.263. The minimum atomic E-state index is -1.46. The summed E-state index contributed by atoms with van der Waals surface area (Å²) in [6.45, 7) is 14.8. The minimum Gasteiger partial charge on any atom is -1.00 e. The molecule has 4 aromatic rings. The summed E-state index contributed by atoms with van der Waals surface area (Å²) in [5, 5.41) is 0. The Labute approximate surface area is 284 Å². The fraction of sp³-hybridized carbons (Fsp3) is 0.500. The molecule has 13 heteroatoms. The SMILES string of the molecule is C.C#Cc1cnc2[nH]c(=O)n(C(CC)CC)c2n1.CCC(CC)n1c(=O)[nH]c2ncc(C#C[Si](C)(C)C)nc21.[F-].[K+]. The van der Waals surface area contributed by atoms with Crippen LogP contribution < -0.4 is 67.5 Å². The van der Waals surface area contributed by atoms with Crippen molar-refractivity contribution in [3.63, 3.8) is 0 Å². The zero-order valence-electron chi connectivity index (χ0n) is 24.6. The number of imidazole rings is 2. The number of fused-ring (bicyclic) bond motifs is 2. The van der Waals surface area contributed by atoms with E-state index in [1.807, 2.05) is 13.8 Å². The van der Waals surface area contributed by atoms with Crippen molar-refractivity contribution in [2.45, 2.75) is 92.5 Å². The van der Waals surface area contributed by atoms with E-state index < -0.39 is 8.07 Å². The van der Waals surface area contributed by atoms with Gasteiger partial charge >= 0.3 is 62.8 Å². The number of halogens is 1. The van der Waals surface area contributed by atoms with Gasteiger partial charge in [-0.1, -0.05) is 60.7 Å². The summed E-state index contributed by atoms with van der Waals surface area (Å²) in [7, 11) is -1.46. The van der Waals surface area contributed by atoms with E-state index in [2.05, 4.69) is 80.8 Å². The monoisotopic (exact) mass is 606 g/mol. The van der Waals surface area contributed by atoms with Gasteiger partial charge in [-0.05, 0) is 31.6 Å². The first kappa shape index (κ1) is 38.6. The predicted octanol–water partition coefficient (Wildman–Crippen LogP) is -1.18. The van der Waals surface area contributed by atoms with Crippen molar-refractivity contribution in [3.8, 4) is 23.8 Å². The maximum absolute atomic E-state index is 12.1. The molecule has 0 saturated carbocycles. The summed E-state index contributed by atoms with van der Waals surface area (Å²) in [4.78, 5) is 46.7. The Hall–Kier alpha value is -2.40. The Morgan fingerprint density at radius 1 is 0.829 bits per heavy atom. The normalized spacial score (nSPS) is 10.5. The van der Waals surface area contributed by atoms with Crippen LogP contribution in [0.4, 0.5) is 0 Å². The Morgan fingerprint density at radius 3 is 1.59 bits per heavy atom. The molecule has 10 nitrogen and oxygen atoms in total. The molecule has 4 rings (SSSR count). The molecule has 0 bridgehead atoms. The third kappa shape index (κ3) is 9.30. The van der Waals surface area contributed by atoms with Gasteiger partial charge in [-0.2, -0.15) is 0 Å². The zero-order valence-corrected chi connectivity index (χ0v) is 28.7. The van der Waals surface area contributed by atoms with Crippen LogP contribution in [0.1, 0.15) is 84.3 Å². The molecule has 41 heavy (non-hydrogen) atoms. The molecule has 0 amide bonds. The van der Waals surface area contributed by atoms with Crippen LogP contribution in [0.25, 0.3) is 22.6 Å². The maximum Gasteiger partial charge on any atom is 1.00 e. The van der Waals surface area contributed by atoms with Gasteiger partial charge in [-0.15, -0.1) is 12.0 Å². The van der Waals surface area contributed by atoms with Crippen molar-refractivity contribution in [1.82, 2.24) is 39.0 Å². The Kier molecular flexibility index (Phi) is 15.9. The van der Waals surface area contributed by atoms with Crippen LogP contribution in [0.5, 0.6) is 0 Å².